The first-order valence-electron chi connectivity index (χ1n) is 3.48. The second-order valence-electron chi connectivity index (χ2n) is 1.81. The standard InChI is InChI=1S/C4H5N.C4H8O2.H2O/c1-2-4-5-3-1;1-3-6-4(2)5;/h1-5H;3H2,1-2H3;1H2. The van der Waals surface area contributed by atoms with Gasteiger partial charge in [-0.3, -0.25) is 4.79 Å². The van der Waals surface area contributed by atoms with E-state index in [1.807, 2.05) is 24.5 Å². The predicted octanol–water partition coefficient (Wildman–Crippen LogP) is 0.759. The van der Waals surface area contributed by atoms with E-state index in [1.165, 1.54) is 6.92 Å². The maximum atomic E-state index is 9.82. The highest BCUT2D eigenvalue weighted by atomic mass is 16.5. The molecule has 4 nitrogen and oxygen atoms in total. The maximum absolute atomic E-state index is 9.82. The van der Waals surface area contributed by atoms with Gasteiger partial charge in [0.1, 0.15) is 0 Å². The number of aromatic nitrogens is 1. The summed E-state index contributed by atoms with van der Waals surface area (Å²) < 4.78 is 4.40. The van der Waals surface area contributed by atoms with Crippen LogP contribution in [0.25, 0.3) is 0 Å². The van der Waals surface area contributed by atoms with E-state index in [0.717, 1.165) is 0 Å². The number of hydrogen-bond acceptors (Lipinski definition) is 2. The zero-order chi connectivity index (χ0) is 8.53. The molecule has 0 radical (unpaired) electrons. The van der Waals surface area contributed by atoms with Gasteiger partial charge in [-0.05, 0) is 19.1 Å². The second-order valence-corrected chi connectivity index (χ2v) is 1.81. The summed E-state index contributed by atoms with van der Waals surface area (Å²) in [6, 6.07) is 3.89. The van der Waals surface area contributed by atoms with Gasteiger partial charge in [0.15, 0.2) is 0 Å². The molecule has 0 amide bonds. The minimum absolute atomic E-state index is 0. The van der Waals surface area contributed by atoms with Gasteiger partial charge in [0.2, 0.25) is 0 Å². The third kappa shape index (κ3) is 11.5. The Kier molecular flexibility index (Phi) is 10.8. The lowest BCUT2D eigenvalue weighted by Gasteiger charge is -1.89. The van der Waals surface area contributed by atoms with E-state index in [4.69, 9.17) is 0 Å². The number of carbonyl (C=O) groups is 1. The van der Waals surface area contributed by atoms with Crippen molar-refractivity contribution >= 4 is 5.97 Å². The van der Waals surface area contributed by atoms with E-state index in [-0.39, 0.29) is 11.4 Å². The van der Waals surface area contributed by atoms with Crippen molar-refractivity contribution in [2.24, 2.45) is 0 Å². The lowest BCUT2D eigenvalue weighted by molar-refractivity contribution is -0.140. The third-order valence-electron chi connectivity index (χ3n) is 0.844. The van der Waals surface area contributed by atoms with Gasteiger partial charge in [0.05, 0.1) is 6.61 Å². The molecule has 4 heteroatoms. The van der Waals surface area contributed by atoms with Crippen molar-refractivity contribution in [3.05, 3.63) is 24.5 Å². The molecule has 0 spiro atoms. The number of H-pyrrole nitrogens is 1. The molecule has 0 atom stereocenters. The van der Waals surface area contributed by atoms with Gasteiger partial charge >= 0.3 is 5.97 Å². The average Bonchev–Trinajstić information content (AvgIpc) is 2.41. The highest BCUT2D eigenvalue weighted by molar-refractivity contribution is 5.65. The fourth-order valence-corrected chi connectivity index (χ4v) is 0.481. The number of aromatic amines is 1. The van der Waals surface area contributed by atoms with Crippen LogP contribution in [-0.2, 0) is 9.53 Å². The topological polar surface area (TPSA) is 73.6 Å². The van der Waals surface area contributed by atoms with E-state index in [0.29, 0.717) is 6.61 Å². The zero-order valence-electron chi connectivity index (χ0n) is 7.33. The molecule has 1 heterocycles. The van der Waals surface area contributed by atoms with Gasteiger partial charge in [-0.15, -0.1) is 0 Å². The summed E-state index contributed by atoms with van der Waals surface area (Å²) in [5, 5.41) is 0. The largest absolute Gasteiger partial charge is 0.466 e. The molecule has 0 aliphatic heterocycles. The lowest BCUT2D eigenvalue weighted by atomic mass is 10.7. The fourth-order valence-electron chi connectivity index (χ4n) is 0.481. The van der Waals surface area contributed by atoms with E-state index in [9.17, 15) is 4.79 Å². The molecule has 3 N–H and O–H groups in total. The van der Waals surface area contributed by atoms with Crippen LogP contribution >= 0.6 is 0 Å². The van der Waals surface area contributed by atoms with Gasteiger partial charge < -0.3 is 15.2 Å². The highest BCUT2D eigenvalue weighted by Crippen LogP contribution is 1.72. The number of esters is 1. The molecule has 1 aromatic heterocycles. The van der Waals surface area contributed by atoms with Crippen molar-refractivity contribution in [3.63, 3.8) is 0 Å². The lowest BCUT2D eigenvalue weighted by Crippen LogP contribution is -1.95. The Morgan fingerprint density at radius 3 is 2.00 bits per heavy atom. The molecule has 70 valence electrons. The second kappa shape index (κ2) is 9.71. The van der Waals surface area contributed by atoms with Crippen LogP contribution in [0.1, 0.15) is 13.8 Å². The minimum Gasteiger partial charge on any atom is -0.466 e. The van der Waals surface area contributed by atoms with Crippen LogP contribution in [0.15, 0.2) is 24.5 Å². The summed E-state index contributed by atoms with van der Waals surface area (Å²) in [6.07, 6.45) is 3.75. The number of nitrogens with one attached hydrogen (secondary N) is 1. The molecular weight excluding hydrogens is 158 g/mol. The monoisotopic (exact) mass is 173 g/mol. The van der Waals surface area contributed by atoms with Crippen molar-refractivity contribution in [1.82, 2.24) is 4.98 Å². The molecule has 1 aromatic rings. The van der Waals surface area contributed by atoms with E-state index in [1.54, 1.807) is 6.92 Å². The Hall–Kier alpha value is -1.29. The maximum Gasteiger partial charge on any atom is 0.302 e. The minimum atomic E-state index is -0.211. The number of hydrogen-bond donors (Lipinski definition) is 1. The van der Waals surface area contributed by atoms with Crippen molar-refractivity contribution in [1.29, 1.82) is 0 Å². The summed E-state index contributed by atoms with van der Waals surface area (Å²) in [6.45, 7) is 3.65. The van der Waals surface area contributed by atoms with Crippen molar-refractivity contribution < 1.29 is 15.0 Å². The van der Waals surface area contributed by atoms with Crippen LogP contribution in [0, 0.1) is 0 Å². The molecule has 0 aliphatic rings. The summed E-state index contributed by atoms with van der Waals surface area (Å²) >= 11 is 0. The first-order chi connectivity index (χ1) is 5.27. The molecule has 0 aliphatic carbocycles. The Morgan fingerprint density at radius 1 is 1.42 bits per heavy atom. The molecule has 1 rings (SSSR count). The number of ether oxygens (including phenoxy) is 1. The first kappa shape index (κ1) is 13.3. The Bertz CT molecular complexity index is 155. The molecule has 0 saturated heterocycles. The van der Waals surface area contributed by atoms with Crippen LogP contribution in [0.2, 0.25) is 0 Å². The average molecular weight is 173 g/mol. The molecule has 0 bridgehead atoms. The summed E-state index contributed by atoms with van der Waals surface area (Å²) in [5.41, 5.74) is 0. The zero-order valence-corrected chi connectivity index (χ0v) is 7.33. The van der Waals surface area contributed by atoms with E-state index in [2.05, 4.69) is 9.72 Å². The number of rotatable bonds is 1. The van der Waals surface area contributed by atoms with Gasteiger partial charge in [-0.2, -0.15) is 0 Å². The van der Waals surface area contributed by atoms with E-state index >= 15 is 0 Å². The van der Waals surface area contributed by atoms with Crippen molar-refractivity contribution in [2.75, 3.05) is 6.61 Å². The Labute approximate surface area is 71.9 Å². The van der Waals surface area contributed by atoms with Crippen LogP contribution < -0.4 is 0 Å². The molecule has 0 saturated carbocycles. The SMILES string of the molecule is CCOC(C)=O.O.c1cc[nH]c1. The predicted molar refractivity (Wildman–Crippen MR) is 46.7 cm³/mol. The van der Waals surface area contributed by atoms with Crippen LogP contribution in [0.4, 0.5) is 0 Å². The van der Waals surface area contributed by atoms with Gasteiger partial charge in [0, 0.05) is 19.3 Å². The van der Waals surface area contributed by atoms with Crippen LogP contribution in [0.5, 0.6) is 0 Å². The van der Waals surface area contributed by atoms with Gasteiger partial charge in [0.25, 0.3) is 0 Å². The summed E-state index contributed by atoms with van der Waals surface area (Å²) in [7, 11) is 0. The van der Waals surface area contributed by atoms with Crippen LogP contribution in [0.3, 0.4) is 0 Å². The molecule has 0 unspecified atom stereocenters. The quantitative estimate of drug-likeness (QED) is 0.636. The Balaban J connectivity index is 0. The van der Waals surface area contributed by atoms with E-state index < -0.39 is 0 Å². The van der Waals surface area contributed by atoms with Crippen molar-refractivity contribution in [3.8, 4) is 0 Å². The highest BCUT2D eigenvalue weighted by Gasteiger charge is 1.81. The molecule has 0 fully saturated rings. The fraction of sp³-hybridized carbons (Fsp3) is 0.375. The van der Waals surface area contributed by atoms with Crippen LogP contribution in [-0.4, -0.2) is 23.0 Å². The Morgan fingerprint density at radius 2 is 1.92 bits per heavy atom. The normalized spacial score (nSPS) is 7.17. The molecule has 0 aromatic carbocycles. The smallest absolute Gasteiger partial charge is 0.302 e. The van der Waals surface area contributed by atoms with Crippen molar-refractivity contribution in [2.45, 2.75) is 13.8 Å². The summed E-state index contributed by atoms with van der Waals surface area (Å²) in [4.78, 5) is 12.7. The molecular formula is C8H15NO3. The first-order valence-corrected chi connectivity index (χ1v) is 3.48. The summed E-state index contributed by atoms with van der Waals surface area (Å²) in [5.74, 6) is -0.211. The van der Waals surface area contributed by atoms with Gasteiger partial charge in [-0.25, -0.2) is 0 Å². The van der Waals surface area contributed by atoms with Gasteiger partial charge in [-0.1, -0.05) is 0 Å². The third-order valence-corrected chi connectivity index (χ3v) is 0.844. The molecule has 12 heavy (non-hydrogen) atoms. The number of carbonyl (C=O) groups excluding carboxylic acids is 1.